The van der Waals surface area contributed by atoms with Crippen molar-refractivity contribution in [1.29, 1.82) is 0 Å². The van der Waals surface area contributed by atoms with Gasteiger partial charge in [-0.05, 0) is 56.8 Å². The molecule has 4 rings (SSSR count). The number of aromatic nitrogens is 1. The molecular formula is C22H28FN3OS. The summed E-state index contributed by atoms with van der Waals surface area (Å²) in [5.41, 5.74) is 0.905. The van der Waals surface area contributed by atoms with E-state index in [4.69, 9.17) is 0 Å². The van der Waals surface area contributed by atoms with E-state index < -0.39 is 0 Å². The number of piperidine rings is 1. The highest BCUT2D eigenvalue weighted by Gasteiger charge is 2.27. The zero-order valence-electron chi connectivity index (χ0n) is 16.3. The van der Waals surface area contributed by atoms with Crippen molar-refractivity contribution in [3.8, 4) is 10.6 Å². The third kappa shape index (κ3) is 4.61. The summed E-state index contributed by atoms with van der Waals surface area (Å²) < 4.78 is 14.0. The number of amides is 1. The fourth-order valence-electron chi connectivity index (χ4n) is 4.37. The Morgan fingerprint density at radius 1 is 1.11 bits per heavy atom. The van der Waals surface area contributed by atoms with Crippen LogP contribution in [0.5, 0.6) is 0 Å². The maximum absolute atomic E-state index is 14.0. The largest absolute Gasteiger partial charge is 0.337 e. The second-order valence-corrected chi connectivity index (χ2v) is 8.85. The Bertz CT molecular complexity index is 801. The average molecular weight is 402 g/mol. The molecule has 2 aromatic rings. The number of hydrogen-bond acceptors (Lipinski definition) is 4. The third-order valence-electron chi connectivity index (χ3n) is 5.85. The molecule has 2 saturated heterocycles. The van der Waals surface area contributed by atoms with Crippen LogP contribution < -0.4 is 0 Å². The second kappa shape index (κ2) is 9.14. The number of carbonyl (C=O) groups is 1. The number of rotatable bonds is 4. The fourth-order valence-corrected chi connectivity index (χ4v) is 5.20. The Morgan fingerprint density at radius 3 is 2.68 bits per heavy atom. The molecule has 28 heavy (non-hydrogen) atoms. The van der Waals surface area contributed by atoms with Crippen molar-refractivity contribution in [3.05, 3.63) is 41.2 Å². The molecule has 4 nitrogen and oxygen atoms in total. The quantitative estimate of drug-likeness (QED) is 0.747. The van der Waals surface area contributed by atoms with Crippen molar-refractivity contribution in [3.63, 3.8) is 0 Å². The van der Waals surface area contributed by atoms with E-state index in [9.17, 15) is 9.18 Å². The average Bonchev–Trinajstić information content (AvgIpc) is 3.06. The van der Waals surface area contributed by atoms with Gasteiger partial charge in [0.1, 0.15) is 16.5 Å². The molecule has 1 atom stereocenters. The van der Waals surface area contributed by atoms with Gasteiger partial charge in [-0.15, -0.1) is 11.3 Å². The number of likely N-dealkylation sites (tertiary alicyclic amines) is 2. The van der Waals surface area contributed by atoms with Gasteiger partial charge in [0.25, 0.3) is 5.91 Å². The molecule has 0 bridgehead atoms. The highest BCUT2D eigenvalue weighted by Crippen LogP contribution is 2.27. The van der Waals surface area contributed by atoms with E-state index in [2.05, 4.69) is 9.88 Å². The maximum atomic E-state index is 14.0. The first kappa shape index (κ1) is 19.5. The molecule has 2 fully saturated rings. The number of hydrogen-bond donors (Lipinski definition) is 0. The van der Waals surface area contributed by atoms with Crippen molar-refractivity contribution in [1.82, 2.24) is 14.8 Å². The molecule has 2 aliphatic heterocycles. The Hall–Kier alpha value is -1.79. The summed E-state index contributed by atoms with van der Waals surface area (Å²) in [5, 5.41) is 2.34. The van der Waals surface area contributed by atoms with Gasteiger partial charge in [0, 0.05) is 30.6 Å². The lowest BCUT2D eigenvalue weighted by atomic mass is 9.97. The van der Waals surface area contributed by atoms with Crippen molar-refractivity contribution in [2.45, 2.75) is 38.5 Å². The monoisotopic (exact) mass is 401 g/mol. The predicted molar refractivity (Wildman–Crippen MR) is 111 cm³/mol. The van der Waals surface area contributed by atoms with Gasteiger partial charge in [-0.2, -0.15) is 0 Å². The minimum atomic E-state index is -0.300. The van der Waals surface area contributed by atoms with Gasteiger partial charge < -0.3 is 9.80 Å². The van der Waals surface area contributed by atoms with Gasteiger partial charge in [-0.1, -0.05) is 25.0 Å². The molecular weight excluding hydrogens is 373 g/mol. The van der Waals surface area contributed by atoms with Crippen LogP contribution in [0.3, 0.4) is 0 Å². The van der Waals surface area contributed by atoms with Crippen molar-refractivity contribution < 1.29 is 9.18 Å². The van der Waals surface area contributed by atoms with Crippen LogP contribution in [-0.2, 0) is 0 Å². The van der Waals surface area contributed by atoms with E-state index in [1.54, 1.807) is 23.6 Å². The third-order valence-corrected chi connectivity index (χ3v) is 6.72. The van der Waals surface area contributed by atoms with Crippen LogP contribution in [0.4, 0.5) is 4.39 Å². The first-order chi connectivity index (χ1) is 13.7. The first-order valence-corrected chi connectivity index (χ1v) is 11.3. The molecule has 6 heteroatoms. The zero-order chi connectivity index (χ0) is 19.3. The van der Waals surface area contributed by atoms with Crippen LogP contribution >= 0.6 is 11.3 Å². The number of benzene rings is 1. The first-order valence-electron chi connectivity index (χ1n) is 10.4. The van der Waals surface area contributed by atoms with Crippen molar-refractivity contribution >= 4 is 17.2 Å². The lowest BCUT2D eigenvalue weighted by Gasteiger charge is -2.35. The number of nitrogens with zero attached hydrogens (tertiary/aromatic N) is 3. The van der Waals surface area contributed by atoms with Gasteiger partial charge in [0.15, 0.2) is 0 Å². The van der Waals surface area contributed by atoms with Crippen LogP contribution in [-0.4, -0.2) is 53.4 Å². The Labute approximate surface area is 170 Å². The van der Waals surface area contributed by atoms with Crippen LogP contribution in [0.15, 0.2) is 29.6 Å². The number of halogens is 1. The predicted octanol–water partition coefficient (Wildman–Crippen LogP) is 4.68. The van der Waals surface area contributed by atoms with Gasteiger partial charge >= 0.3 is 0 Å². The smallest absolute Gasteiger partial charge is 0.273 e. The highest BCUT2D eigenvalue weighted by atomic mass is 32.1. The topological polar surface area (TPSA) is 36.4 Å². The summed E-state index contributed by atoms with van der Waals surface area (Å²) in [5.74, 6) is 0.228. The molecule has 1 aromatic carbocycles. The molecule has 150 valence electrons. The summed E-state index contributed by atoms with van der Waals surface area (Å²) in [6.07, 6.45) is 7.53. The Balaban J connectivity index is 1.40. The minimum absolute atomic E-state index is 0.0144. The summed E-state index contributed by atoms with van der Waals surface area (Å²) >= 11 is 1.33. The lowest BCUT2D eigenvalue weighted by Crippen LogP contribution is -2.44. The normalized spacial score (nSPS) is 21.5. The minimum Gasteiger partial charge on any atom is -0.337 e. The molecule has 0 spiro atoms. The Kier molecular flexibility index (Phi) is 6.37. The molecule has 1 aromatic heterocycles. The fraction of sp³-hybridized carbons (Fsp3) is 0.545. The molecule has 2 aliphatic rings. The molecule has 0 N–H and O–H groups in total. The molecule has 1 unspecified atom stereocenters. The summed E-state index contributed by atoms with van der Waals surface area (Å²) in [4.78, 5) is 22.0. The van der Waals surface area contributed by atoms with Crippen LogP contribution in [0, 0.1) is 11.7 Å². The highest BCUT2D eigenvalue weighted by molar-refractivity contribution is 7.13. The molecule has 0 saturated carbocycles. The SMILES string of the molecule is O=C(c1csc(-c2ccccc2F)n1)N1CCCC(CN2CCCCCC2)C1. The van der Waals surface area contributed by atoms with E-state index in [0.29, 0.717) is 22.2 Å². The van der Waals surface area contributed by atoms with E-state index in [1.165, 1.54) is 62.6 Å². The standard InChI is InChI=1S/C22H28FN3OS/c23-19-10-4-3-9-18(19)21-24-20(16-28-21)22(27)26-13-7-8-17(15-26)14-25-11-5-1-2-6-12-25/h3-4,9-10,16-17H,1-2,5-8,11-15H2. The van der Waals surface area contributed by atoms with Crippen molar-refractivity contribution in [2.24, 2.45) is 5.92 Å². The van der Waals surface area contributed by atoms with Gasteiger partial charge in [0.05, 0.1) is 0 Å². The van der Waals surface area contributed by atoms with E-state index in [-0.39, 0.29) is 11.7 Å². The van der Waals surface area contributed by atoms with E-state index in [1.807, 2.05) is 4.90 Å². The van der Waals surface area contributed by atoms with Crippen LogP contribution in [0.25, 0.3) is 10.6 Å². The molecule has 0 aliphatic carbocycles. The van der Waals surface area contributed by atoms with Crippen molar-refractivity contribution in [2.75, 3.05) is 32.7 Å². The summed E-state index contributed by atoms with van der Waals surface area (Å²) in [6.45, 7) is 5.09. The summed E-state index contributed by atoms with van der Waals surface area (Å²) in [7, 11) is 0. The maximum Gasteiger partial charge on any atom is 0.273 e. The van der Waals surface area contributed by atoms with Crippen LogP contribution in [0.2, 0.25) is 0 Å². The molecule has 1 amide bonds. The van der Waals surface area contributed by atoms with Crippen LogP contribution in [0.1, 0.15) is 49.0 Å². The summed E-state index contributed by atoms with van der Waals surface area (Å²) in [6, 6.07) is 6.59. The number of thiazole rings is 1. The van der Waals surface area contributed by atoms with Gasteiger partial charge in [0.2, 0.25) is 0 Å². The Morgan fingerprint density at radius 2 is 1.89 bits per heavy atom. The zero-order valence-corrected chi connectivity index (χ0v) is 17.1. The van der Waals surface area contributed by atoms with E-state index >= 15 is 0 Å². The molecule has 3 heterocycles. The number of carbonyl (C=O) groups excluding carboxylic acids is 1. The molecule has 0 radical (unpaired) electrons. The van der Waals surface area contributed by atoms with E-state index in [0.717, 1.165) is 26.1 Å². The van der Waals surface area contributed by atoms with Gasteiger partial charge in [-0.25, -0.2) is 9.37 Å². The van der Waals surface area contributed by atoms with Gasteiger partial charge in [-0.3, -0.25) is 4.79 Å². The lowest BCUT2D eigenvalue weighted by molar-refractivity contribution is 0.0636. The second-order valence-electron chi connectivity index (χ2n) is 7.99.